The third-order valence-electron chi connectivity index (χ3n) is 3.26. The summed E-state index contributed by atoms with van der Waals surface area (Å²) in [4.78, 5) is 15.1. The lowest BCUT2D eigenvalue weighted by Gasteiger charge is -2.30. The van der Waals surface area contributed by atoms with E-state index < -0.39 is 17.3 Å². The Morgan fingerprint density at radius 3 is 2.46 bits per heavy atom. The number of carboxylic acids is 1. The molecule has 1 aliphatic heterocycles. The molecule has 2 atom stereocenters. The van der Waals surface area contributed by atoms with Gasteiger partial charge in [-0.2, -0.15) is 0 Å². The van der Waals surface area contributed by atoms with Crippen LogP contribution >= 0.6 is 0 Å². The summed E-state index contributed by atoms with van der Waals surface area (Å²) < 4.78 is 0. The second-order valence-corrected chi connectivity index (χ2v) is 3.79. The van der Waals surface area contributed by atoms with E-state index in [0.29, 0.717) is 0 Å². The molecular weight excluding hydrogens is 166 g/mol. The largest absolute Gasteiger partial charge is 0.481 e. The molecule has 3 heteroatoms. The van der Waals surface area contributed by atoms with Crippen LogP contribution in [0.4, 0.5) is 0 Å². The molecule has 0 bridgehead atoms. The molecule has 3 nitrogen and oxygen atoms in total. The van der Waals surface area contributed by atoms with E-state index in [-0.39, 0.29) is 0 Å². The van der Waals surface area contributed by atoms with Gasteiger partial charge in [0.1, 0.15) is 0 Å². The summed E-state index contributed by atoms with van der Waals surface area (Å²) in [5.74, 6) is -1.19. The molecule has 0 saturated heterocycles. The van der Waals surface area contributed by atoms with Gasteiger partial charge in [0.05, 0.1) is 5.92 Å². The molecule has 0 amide bonds. The Morgan fingerprint density at radius 2 is 2.15 bits per heavy atom. The van der Waals surface area contributed by atoms with E-state index in [1.54, 1.807) is 13.1 Å². The van der Waals surface area contributed by atoms with Crippen LogP contribution in [0.2, 0.25) is 0 Å². The highest BCUT2D eigenvalue weighted by Gasteiger charge is 2.42. The van der Waals surface area contributed by atoms with Crippen molar-refractivity contribution in [1.82, 2.24) is 0 Å². The second-order valence-electron chi connectivity index (χ2n) is 3.79. The highest BCUT2D eigenvalue weighted by atomic mass is 16.4. The van der Waals surface area contributed by atoms with Crippen molar-refractivity contribution in [3.05, 3.63) is 11.8 Å². The molecule has 0 aromatic heterocycles. The van der Waals surface area contributed by atoms with Crippen LogP contribution < -0.4 is 0 Å². The van der Waals surface area contributed by atoms with Gasteiger partial charge in [-0.15, -0.1) is 0 Å². The number of carboxylic acid groups (broad SMARTS) is 1. The molecule has 0 fully saturated rings. The van der Waals surface area contributed by atoms with E-state index in [1.165, 1.54) is 0 Å². The Morgan fingerprint density at radius 1 is 1.62 bits per heavy atom. The van der Waals surface area contributed by atoms with Gasteiger partial charge in [-0.05, 0) is 26.3 Å². The minimum Gasteiger partial charge on any atom is -0.481 e. The molecule has 0 saturated carbocycles. The lowest BCUT2D eigenvalue weighted by atomic mass is 9.71. The first-order valence-electron chi connectivity index (χ1n) is 4.35. The third-order valence-corrected chi connectivity index (χ3v) is 3.26. The summed E-state index contributed by atoms with van der Waals surface area (Å²) >= 11 is 0. The highest BCUT2D eigenvalue weighted by Crippen LogP contribution is 2.40. The monoisotopic (exact) mass is 181 g/mol. The quantitative estimate of drug-likeness (QED) is 0.709. The van der Waals surface area contributed by atoms with Crippen molar-refractivity contribution in [2.45, 2.75) is 27.7 Å². The van der Waals surface area contributed by atoms with Gasteiger partial charge in [-0.25, -0.2) is 0 Å². The van der Waals surface area contributed by atoms with Crippen molar-refractivity contribution in [1.29, 1.82) is 0 Å². The number of allylic oxidation sites excluding steroid dienone is 1. The average molecular weight is 181 g/mol. The van der Waals surface area contributed by atoms with Crippen molar-refractivity contribution >= 4 is 11.7 Å². The molecule has 13 heavy (non-hydrogen) atoms. The van der Waals surface area contributed by atoms with Crippen LogP contribution in [0.1, 0.15) is 27.7 Å². The van der Waals surface area contributed by atoms with Crippen LogP contribution in [0, 0.1) is 11.3 Å². The summed E-state index contributed by atoms with van der Waals surface area (Å²) in [7, 11) is 0. The van der Waals surface area contributed by atoms with Crippen LogP contribution in [-0.2, 0) is 4.79 Å². The molecular formula is C10H15NO2. The fraction of sp³-hybridized carbons (Fsp3) is 0.600. The Labute approximate surface area is 78.2 Å². The predicted molar refractivity (Wildman–Crippen MR) is 51.8 cm³/mol. The number of aliphatic imine (C=N–C) groups is 1. The van der Waals surface area contributed by atoms with E-state index in [0.717, 1.165) is 11.3 Å². The standard InChI is InChI=1S/C10H15NO2/c1-6-5-11-8(3)10(6,4)7(2)9(12)13/h5,7H,1-4H3,(H,12,13). The maximum Gasteiger partial charge on any atom is 0.307 e. The zero-order chi connectivity index (χ0) is 10.2. The zero-order valence-corrected chi connectivity index (χ0v) is 8.46. The van der Waals surface area contributed by atoms with Gasteiger partial charge in [0.25, 0.3) is 0 Å². The van der Waals surface area contributed by atoms with Crippen LogP contribution in [0.5, 0.6) is 0 Å². The van der Waals surface area contributed by atoms with Crippen molar-refractivity contribution < 1.29 is 9.90 Å². The van der Waals surface area contributed by atoms with Crippen molar-refractivity contribution in [2.75, 3.05) is 0 Å². The van der Waals surface area contributed by atoms with Crippen LogP contribution in [-0.4, -0.2) is 16.8 Å². The molecule has 72 valence electrons. The molecule has 0 aliphatic carbocycles. The molecule has 0 aromatic rings. The molecule has 2 unspecified atom stereocenters. The molecule has 1 aliphatic rings. The smallest absolute Gasteiger partial charge is 0.307 e. The number of carbonyl (C=O) groups is 1. The number of hydrogen-bond donors (Lipinski definition) is 1. The lowest BCUT2D eigenvalue weighted by molar-refractivity contribution is -0.143. The summed E-state index contributed by atoms with van der Waals surface area (Å²) in [6, 6.07) is 0. The molecule has 1 N–H and O–H groups in total. The Hall–Kier alpha value is -1.12. The molecule has 0 aromatic carbocycles. The summed E-state index contributed by atoms with van der Waals surface area (Å²) in [5.41, 5.74) is 1.52. The van der Waals surface area contributed by atoms with E-state index >= 15 is 0 Å². The van der Waals surface area contributed by atoms with Crippen LogP contribution in [0.3, 0.4) is 0 Å². The summed E-state index contributed by atoms with van der Waals surface area (Å²) in [6.07, 6.45) is 1.76. The topological polar surface area (TPSA) is 49.7 Å². The highest BCUT2D eigenvalue weighted by molar-refractivity contribution is 5.96. The van der Waals surface area contributed by atoms with Gasteiger partial charge in [0.2, 0.25) is 0 Å². The third kappa shape index (κ3) is 1.28. The number of nitrogens with zero attached hydrogens (tertiary/aromatic N) is 1. The van der Waals surface area contributed by atoms with E-state index in [9.17, 15) is 4.79 Å². The Balaban J connectivity index is 3.07. The van der Waals surface area contributed by atoms with Crippen molar-refractivity contribution in [3.63, 3.8) is 0 Å². The van der Waals surface area contributed by atoms with Gasteiger partial charge in [0, 0.05) is 17.3 Å². The van der Waals surface area contributed by atoms with Crippen LogP contribution in [0.25, 0.3) is 0 Å². The van der Waals surface area contributed by atoms with Crippen molar-refractivity contribution in [2.24, 2.45) is 16.3 Å². The normalized spacial score (nSPS) is 29.5. The van der Waals surface area contributed by atoms with Crippen molar-refractivity contribution in [3.8, 4) is 0 Å². The predicted octanol–water partition coefficient (Wildman–Crippen LogP) is 2.09. The first-order valence-corrected chi connectivity index (χ1v) is 4.35. The Kier molecular flexibility index (Phi) is 2.28. The van der Waals surface area contributed by atoms with Crippen LogP contribution in [0.15, 0.2) is 16.8 Å². The SMILES string of the molecule is CC1=CN=C(C)C1(C)C(C)C(=O)O. The van der Waals surface area contributed by atoms with Gasteiger partial charge in [-0.3, -0.25) is 9.79 Å². The van der Waals surface area contributed by atoms with Gasteiger partial charge in [-0.1, -0.05) is 6.92 Å². The number of aliphatic carboxylic acids is 1. The fourth-order valence-corrected chi connectivity index (χ4v) is 1.65. The number of rotatable bonds is 2. The molecule has 0 spiro atoms. The maximum atomic E-state index is 10.9. The summed E-state index contributed by atoms with van der Waals surface area (Å²) in [6.45, 7) is 7.47. The summed E-state index contributed by atoms with van der Waals surface area (Å²) in [5, 5.41) is 8.96. The maximum absolute atomic E-state index is 10.9. The molecule has 0 radical (unpaired) electrons. The minimum absolute atomic E-state index is 0.397. The van der Waals surface area contributed by atoms with Gasteiger partial charge in [0.15, 0.2) is 0 Å². The molecule has 1 rings (SSSR count). The van der Waals surface area contributed by atoms with Gasteiger partial charge >= 0.3 is 5.97 Å². The minimum atomic E-state index is -0.772. The zero-order valence-electron chi connectivity index (χ0n) is 8.46. The lowest BCUT2D eigenvalue weighted by Crippen LogP contribution is -2.36. The molecule has 1 heterocycles. The Bertz CT molecular complexity index is 284. The fourth-order valence-electron chi connectivity index (χ4n) is 1.65. The first-order chi connectivity index (χ1) is 5.90. The van der Waals surface area contributed by atoms with E-state index in [2.05, 4.69) is 4.99 Å². The van der Waals surface area contributed by atoms with E-state index in [1.807, 2.05) is 20.8 Å². The van der Waals surface area contributed by atoms with E-state index in [4.69, 9.17) is 5.11 Å². The van der Waals surface area contributed by atoms with Gasteiger partial charge < -0.3 is 5.11 Å². The second kappa shape index (κ2) is 2.98. The number of hydrogen-bond acceptors (Lipinski definition) is 2. The average Bonchev–Trinajstić information content (AvgIpc) is 2.32. The first kappa shape index (κ1) is 9.96.